The predicted molar refractivity (Wildman–Crippen MR) is 170 cm³/mol. The second-order valence-electron chi connectivity index (χ2n) is 9.14. The van der Waals surface area contributed by atoms with Crippen LogP contribution in [0.1, 0.15) is 21.7 Å². The van der Waals surface area contributed by atoms with Crippen LogP contribution >= 0.6 is 22.7 Å². The summed E-state index contributed by atoms with van der Waals surface area (Å²) in [5, 5.41) is 26.2. The molecule has 2 aromatic carbocycles. The second-order valence-corrected chi connectivity index (χ2v) is 11.0. The van der Waals surface area contributed by atoms with E-state index < -0.39 is 0 Å². The van der Waals surface area contributed by atoms with Crippen molar-refractivity contribution in [2.24, 2.45) is 0 Å². The van der Waals surface area contributed by atoms with Crippen LogP contribution in [0.4, 0.5) is 17.1 Å². The van der Waals surface area contributed by atoms with Gasteiger partial charge in [-0.1, -0.05) is 36.4 Å². The molecule has 0 spiro atoms. The summed E-state index contributed by atoms with van der Waals surface area (Å²) < 4.78 is 2.02. The van der Waals surface area contributed by atoms with Crippen LogP contribution in [-0.2, 0) is 6.54 Å². The van der Waals surface area contributed by atoms with E-state index in [0.29, 0.717) is 11.7 Å². The lowest BCUT2D eigenvalue weighted by atomic mass is 10.2. The van der Waals surface area contributed by atoms with Gasteiger partial charge in [-0.15, -0.1) is 22.7 Å². The summed E-state index contributed by atoms with van der Waals surface area (Å²) in [6.07, 6.45) is 11.1. The summed E-state index contributed by atoms with van der Waals surface area (Å²) >= 11 is 3.13. The molecule has 4 N–H and O–H groups in total. The van der Waals surface area contributed by atoms with Crippen LogP contribution in [0.3, 0.4) is 0 Å². The number of amidine groups is 2. The molecule has 6 rings (SSSR count). The molecule has 4 heterocycles. The Morgan fingerprint density at radius 1 is 0.800 bits per heavy atom. The summed E-state index contributed by atoms with van der Waals surface area (Å²) in [6, 6.07) is 24.2. The molecule has 9 heteroatoms. The van der Waals surface area contributed by atoms with Crippen molar-refractivity contribution in [3.8, 4) is 0 Å². The molecule has 3 aromatic heterocycles. The minimum absolute atomic E-state index is 0.433. The number of benzene rings is 2. The van der Waals surface area contributed by atoms with Gasteiger partial charge in [0.25, 0.3) is 0 Å². The molecule has 0 unspecified atom stereocenters. The van der Waals surface area contributed by atoms with Crippen molar-refractivity contribution >= 4 is 51.4 Å². The number of imidazole rings is 1. The van der Waals surface area contributed by atoms with E-state index >= 15 is 0 Å². The van der Waals surface area contributed by atoms with Gasteiger partial charge >= 0.3 is 0 Å². The van der Waals surface area contributed by atoms with Crippen LogP contribution in [0.15, 0.2) is 114 Å². The summed E-state index contributed by atoms with van der Waals surface area (Å²) in [4.78, 5) is 8.27. The van der Waals surface area contributed by atoms with Crippen molar-refractivity contribution in [2.75, 3.05) is 28.6 Å². The highest BCUT2D eigenvalue weighted by atomic mass is 32.1. The van der Waals surface area contributed by atoms with Gasteiger partial charge < -0.3 is 20.1 Å². The molecule has 0 aliphatic carbocycles. The Balaban J connectivity index is 0.000000161. The zero-order valence-corrected chi connectivity index (χ0v) is 23.6. The number of nitrogens with zero attached hydrogens (tertiary/aromatic N) is 3. The largest absolute Gasteiger partial charge is 0.367 e. The first-order chi connectivity index (χ1) is 19.6. The van der Waals surface area contributed by atoms with Crippen LogP contribution in [0.25, 0.3) is 0 Å². The van der Waals surface area contributed by atoms with E-state index in [2.05, 4.69) is 56.9 Å². The van der Waals surface area contributed by atoms with Crippen LogP contribution < -0.4 is 15.5 Å². The minimum Gasteiger partial charge on any atom is -0.367 e. The Bertz CT molecular complexity index is 1500. The summed E-state index contributed by atoms with van der Waals surface area (Å²) in [5.41, 5.74) is 4.33. The molecule has 0 amide bonds. The van der Waals surface area contributed by atoms with E-state index in [0.717, 1.165) is 47.2 Å². The van der Waals surface area contributed by atoms with Crippen LogP contribution in [0, 0.1) is 10.8 Å². The zero-order chi connectivity index (χ0) is 27.6. The summed E-state index contributed by atoms with van der Waals surface area (Å²) in [6.45, 7) is 2.87. The first-order valence-corrected chi connectivity index (χ1v) is 14.7. The normalized spacial score (nSPS) is 12.3. The van der Waals surface area contributed by atoms with E-state index in [4.69, 9.17) is 10.8 Å². The van der Waals surface area contributed by atoms with Crippen LogP contribution in [0.2, 0.25) is 0 Å². The Labute approximate surface area is 242 Å². The van der Waals surface area contributed by atoms with Crippen molar-refractivity contribution in [1.29, 1.82) is 10.8 Å². The third-order valence-electron chi connectivity index (χ3n) is 6.24. The van der Waals surface area contributed by atoms with E-state index in [9.17, 15) is 0 Å². The molecule has 0 fully saturated rings. The van der Waals surface area contributed by atoms with Gasteiger partial charge in [0, 0.05) is 49.1 Å². The Morgan fingerprint density at radius 2 is 1.43 bits per heavy atom. The molecule has 5 aromatic rings. The Kier molecular flexibility index (Phi) is 9.18. The third kappa shape index (κ3) is 7.56. The number of aromatic nitrogens is 2. The topological polar surface area (TPSA) is 92.8 Å². The number of hydrogen-bond donors (Lipinski definition) is 4. The van der Waals surface area contributed by atoms with Gasteiger partial charge in [0.05, 0.1) is 16.1 Å². The average molecular weight is 566 g/mol. The van der Waals surface area contributed by atoms with Gasteiger partial charge in [0.1, 0.15) is 11.7 Å². The maximum atomic E-state index is 8.01. The molecule has 1 aliphatic heterocycles. The molecule has 202 valence electrons. The van der Waals surface area contributed by atoms with Gasteiger partial charge in [0.15, 0.2) is 0 Å². The van der Waals surface area contributed by atoms with Gasteiger partial charge in [-0.2, -0.15) is 0 Å². The lowest BCUT2D eigenvalue weighted by Gasteiger charge is -2.25. The Hall–Kier alpha value is -4.47. The van der Waals surface area contributed by atoms with Crippen LogP contribution in [-0.4, -0.2) is 34.3 Å². The van der Waals surface area contributed by atoms with Crippen molar-refractivity contribution < 1.29 is 0 Å². The molecule has 0 bridgehead atoms. The maximum absolute atomic E-state index is 8.01. The summed E-state index contributed by atoms with van der Waals surface area (Å²) in [7, 11) is 0. The van der Waals surface area contributed by atoms with E-state index in [1.807, 2.05) is 70.1 Å². The quantitative estimate of drug-likeness (QED) is 0.0941. The monoisotopic (exact) mass is 565 g/mol. The predicted octanol–water partition coefficient (Wildman–Crippen LogP) is 7.38. The number of nitrogens with one attached hydrogen (secondary N) is 4. The van der Waals surface area contributed by atoms with Gasteiger partial charge in [0.2, 0.25) is 0 Å². The van der Waals surface area contributed by atoms with Crippen molar-refractivity contribution in [2.45, 2.75) is 13.0 Å². The molecule has 0 saturated carbocycles. The van der Waals surface area contributed by atoms with Gasteiger partial charge in [-0.3, -0.25) is 10.8 Å². The number of rotatable bonds is 7. The summed E-state index contributed by atoms with van der Waals surface area (Å²) in [5.74, 6) is 0.885. The molecule has 1 aliphatic rings. The van der Waals surface area contributed by atoms with E-state index in [-0.39, 0.29) is 0 Å². The lowest BCUT2D eigenvalue weighted by molar-refractivity contribution is 0.797. The highest BCUT2D eigenvalue weighted by Gasteiger charge is 2.08. The molecule has 40 heavy (non-hydrogen) atoms. The SMILES string of the molecule is N=C(Nc1ccc(Cn2ccnc2)cc1)c1cccs1.N=C(Nc1ccc(N2CC=CCC2)cc1)c1cccs1. The molecular weight excluding hydrogens is 535 g/mol. The van der Waals surface area contributed by atoms with Crippen molar-refractivity contribution in [1.82, 2.24) is 9.55 Å². The van der Waals surface area contributed by atoms with E-state index in [1.54, 1.807) is 35.2 Å². The first-order valence-electron chi connectivity index (χ1n) is 13.0. The number of anilines is 3. The maximum Gasteiger partial charge on any atom is 0.140 e. The first kappa shape index (κ1) is 27.1. The third-order valence-corrected chi connectivity index (χ3v) is 8.02. The fourth-order valence-electron chi connectivity index (χ4n) is 4.17. The molecule has 0 atom stereocenters. The molecule has 0 saturated heterocycles. The van der Waals surface area contributed by atoms with E-state index in [1.165, 1.54) is 11.3 Å². The number of hydrogen-bond acceptors (Lipinski definition) is 6. The zero-order valence-electron chi connectivity index (χ0n) is 22.0. The van der Waals surface area contributed by atoms with Crippen LogP contribution in [0.5, 0.6) is 0 Å². The second kappa shape index (κ2) is 13.5. The Morgan fingerprint density at radius 3 is 1.93 bits per heavy atom. The highest BCUT2D eigenvalue weighted by Crippen LogP contribution is 2.21. The van der Waals surface area contributed by atoms with Crippen molar-refractivity contribution in [3.63, 3.8) is 0 Å². The smallest absolute Gasteiger partial charge is 0.140 e. The average Bonchev–Trinajstić information content (AvgIpc) is 3.80. The van der Waals surface area contributed by atoms with Gasteiger partial charge in [-0.25, -0.2) is 4.98 Å². The fourth-order valence-corrected chi connectivity index (χ4v) is 5.43. The minimum atomic E-state index is 0.433. The van der Waals surface area contributed by atoms with Gasteiger partial charge in [-0.05, 0) is 71.3 Å². The molecule has 7 nitrogen and oxygen atoms in total. The highest BCUT2D eigenvalue weighted by molar-refractivity contribution is 7.12. The number of thiophene rings is 2. The lowest BCUT2D eigenvalue weighted by Crippen LogP contribution is -2.26. The standard InChI is InChI=1S/C16H17N3S.C15H14N4S/c17-16(15-5-4-12-20-15)18-13-6-8-14(9-7-13)19-10-2-1-3-11-19;16-15(14-2-1-9-20-14)18-13-5-3-12(4-6-13)10-19-8-7-17-11-19/h1-2,4-9,12H,3,10-11H2,(H2,17,18);1-9,11H,10H2,(H2,16,18). The molecular formula is C31H31N7S2. The van der Waals surface area contributed by atoms with Crippen molar-refractivity contribution in [3.05, 3.63) is 130 Å². The fraction of sp³-hybridized carbons (Fsp3) is 0.129. The molecule has 0 radical (unpaired) electrons.